The first-order chi connectivity index (χ1) is 8.70. The van der Waals surface area contributed by atoms with Crippen LogP contribution in [0.3, 0.4) is 0 Å². The van der Waals surface area contributed by atoms with Gasteiger partial charge in [-0.15, -0.1) is 0 Å². The highest BCUT2D eigenvalue weighted by Gasteiger charge is 2.09. The quantitative estimate of drug-likeness (QED) is 0.864. The van der Waals surface area contributed by atoms with Crippen LogP contribution in [-0.4, -0.2) is 17.4 Å². The fourth-order valence-electron chi connectivity index (χ4n) is 1.82. The molecular formula is C14H17N3O. The lowest BCUT2D eigenvalue weighted by Crippen LogP contribution is -2.20. The van der Waals surface area contributed by atoms with Crippen molar-refractivity contribution in [1.82, 2.24) is 4.98 Å². The number of benzene rings is 1. The van der Waals surface area contributed by atoms with Gasteiger partial charge in [0, 0.05) is 24.2 Å². The largest absolute Gasteiger partial charge is 0.330 e. The molecule has 0 saturated carbocycles. The van der Waals surface area contributed by atoms with Crippen molar-refractivity contribution >= 4 is 22.4 Å². The Kier molecular flexibility index (Phi) is 3.89. The summed E-state index contributed by atoms with van der Waals surface area (Å²) < 4.78 is 0. The van der Waals surface area contributed by atoms with Crippen LogP contribution in [0.2, 0.25) is 0 Å². The zero-order chi connectivity index (χ0) is 13.0. The van der Waals surface area contributed by atoms with Crippen LogP contribution < -0.4 is 11.1 Å². The third-order valence-electron chi connectivity index (χ3n) is 2.89. The normalized spacial score (nSPS) is 12.3. The van der Waals surface area contributed by atoms with Crippen molar-refractivity contribution in [3.8, 4) is 0 Å². The fraction of sp³-hybridized carbons (Fsp3) is 0.286. The average Bonchev–Trinajstić information content (AvgIpc) is 2.39. The number of nitrogens with zero attached hydrogens (tertiary/aromatic N) is 1. The molecule has 0 radical (unpaired) electrons. The van der Waals surface area contributed by atoms with Crippen LogP contribution in [0.1, 0.15) is 13.3 Å². The minimum absolute atomic E-state index is 0.00990. The van der Waals surface area contributed by atoms with E-state index >= 15 is 0 Å². The number of hydrogen-bond donors (Lipinski definition) is 2. The first-order valence-corrected chi connectivity index (χ1v) is 6.03. The summed E-state index contributed by atoms with van der Waals surface area (Å²) in [5, 5.41) is 4.93. The van der Waals surface area contributed by atoms with Crippen molar-refractivity contribution in [3.63, 3.8) is 0 Å². The molecule has 0 aliphatic carbocycles. The summed E-state index contributed by atoms with van der Waals surface area (Å²) in [4.78, 5) is 15.9. The van der Waals surface area contributed by atoms with Crippen molar-refractivity contribution in [3.05, 3.63) is 36.7 Å². The molecule has 1 heterocycles. The second-order valence-corrected chi connectivity index (χ2v) is 4.50. The molecule has 0 aliphatic rings. The van der Waals surface area contributed by atoms with E-state index < -0.39 is 0 Å². The van der Waals surface area contributed by atoms with E-state index in [1.165, 1.54) is 0 Å². The van der Waals surface area contributed by atoms with Crippen LogP contribution in [0.5, 0.6) is 0 Å². The minimum atomic E-state index is -0.00990. The number of carbonyl (C=O) groups is 1. The summed E-state index contributed by atoms with van der Waals surface area (Å²) in [5.41, 5.74) is 6.32. The predicted molar refractivity (Wildman–Crippen MR) is 73.2 cm³/mol. The molecular weight excluding hydrogens is 226 g/mol. The number of nitrogens with one attached hydrogen (secondary N) is 1. The Hall–Kier alpha value is -1.94. The molecule has 1 atom stereocenters. The van der Waals surface area contributed by atoms with Gasteiger partial charge in [0.1, 0.15) is 0 Å². The summed E-state index contributed by atoms with van der Waals surface area (Å²) in [6.07, 6.45) is 3.94. The molecule has 2 rings (SSSR count). The Balaban J connectivity index is 2.19. The highest BCUT2D eigenvalue weighted by atomic mass is 16.1. The van der Waals surface area contributed by atoms with Gasteiger partial charge >= 0.3 is 0 Å². The van der Waals surface area contributed by atoms with E-state index in [0.717, 1.165) is 16.5 Å². The lowest BCUT2D eigenvalue weighted by atomic mass is 10.1. The number of carbonyl (C=O) groups excluding carboxylic acids is 1. The van der Waals surface area contributed by atoms with Gasteiger partial charge in [-0.25, -0.2) is 0 Å². The molecule has 0 saturated heterocycles. The molecule has 4 nitrogen and oxygen atoms in total. The van der Waals surface area contributed by atoms with E-state index in [1.54, 1.807) is 12.4 Å². The maximum atomic E-state index is 11.8. The minimum Gasteiger partial charge on any atom is -0.330 e. The lowest BCUT2D eigenvalue weighted by molar-refractivity contribution is -0.116. The monoisotopic (exact) mass is 243 g/mol. The second-order valence-electron chi connectivity index (χ2n) is 4.50. The molecule has 0 fully saturated rings. The summed E-state index contributed by atoms with van der Waals surface area (Å²) >= 11 is 0. The molecule has 0 spiro atoms. The van der Waals surface area contributed by atoms with Crippen molar-refractivity contribution in [2.45, 2.75) is 13.3 Å². The molecule has 18 heavy (non-hydrogen) atoms. The predicted octanol–water partition coefficient (Wildman–Crippen LogP) is 2.16. The highest BCUT2D eigenvalue weighted by molar-refractivity contribution is 6.01. The van der Waals surface area contributed by atoms with Crippen LogP contribution in [0, 0.1) is 5.92 Å². The van der Waals surface area contributed by atoms with Crippen molar-refractivity contribution in [2.75, 3.05) is 11.9 Å². The summed E-state index contributed by atoms with van der Waals surface area (Å²) in [7, 11) is 0. The van der Waals surface area contributed by atoms with Gasteiger partial charge in [0.15, 0.2) is 0 Å². The van der Waals surface area contributed by atoms with Gasteiger partial charge in [-0.1, -0.05) is 19.1 Å². The van der Waals surface area contributed by atoms with Crippen LogP contribution >= 0.6 is 0 Å². The van der Waals surface area contributed by atoms with Crippen LogP contribution in [0.4, 0.5) is 5.69 Å². The molecule has 4 heteroatoms. The van der Waals surface area contributed by atoms with Crippen LogP contribution in [-0.2, 0) is 4.79 Å². The second kappa shape index (κ2) is 5.60. The van der Waals surface area contributed by atoms with E-state index in [1.807, 2.05) is 31.2 Å². The molecule has 2 aromatic rings. The van der Waals surface area contributed by atoms with Gasteiger partial charge in [0.25, 0.3) is 0 Å². The smallest absolute Gasteiger partial charge is 0.224 e. The SMILES string of the molecule is CC(CN)CC(=O)Nc1cccc2ccncc12. The maximum Gasteiger partial charge on any atom is 0.224 e. The molecule has 3 N–H and O–H groups in total. The van der Waals surface area contributed by atoms with E-state index in [2.05, 4.69) is 10.3 Å². The molecule has 1 unspecified atom stereocenters. The van der Waals surface area contributed by atoms with Crippen molar-refractivity contribution in [2.24, 2.45) is 11.7 Å². The topological polar surface area (TPSA) is 68.0 Å². The van der Waals surface area contributed by atoms with E-state index in [4.69, 9.17) is 5.73 Å². The molecule has 1 amide bonds. The van der Waals surface area contributed by atoms with Crippen molar-refractivity contribution < 1.29 is 4.79 Å². The van der Waals surface area contributed by atoms with Gasteiger partial charge in [0.05, 0.1) is 5.69 Å². The van der Waals surface area contributed by atoms with E-state index in [0.29, 0.717) is 13.0 Å². The Labute approximate surface area is 106 Å². The number of rotatable bonds is 4. The summed E-state index contributed by atoms with van der Waals surface area (Å²) in [6.45, 7) is 2.48. The number of nitrogens with two attached hydrogens (primary N) is 1. The van der Waals surface area contributed by atoms with Crippen LogP contribution in [0.15, 0.2) is 36.7 Å². The Morgan fingerprint density at radius 1 is 1.44 bits per heavy atom. The molecule has 0 bridgehead atoms. The molecule has 1 aromatic carbocycles. The summed E-state index contributed by atoms with van der Waals surface area (Å²) in [5.74, 6) is 0.183. The first kappa shape index (κ1) is 12.5. The Morgan fingerprint density at radius 2 is 2.28 bits per heavy atom. The molecule has 1 aromatic heterocycles. The molecule has 94 valence electrons. The van der Waals surface area contributed by atoms with E-state index in [9.17, 15) is 4.79 Å². The van der Waals surface area contributed by atoms with Gasteiger partial charge in [0.2, 0.25) is 5.91 Å². The zero-order valence-electron chi connectivity index (χ0n) is 10.4. The van der Waals surface area contributed by atoms with Gasteiger partial charge in [-0.2, -0.15) is 0 Å². The fourth-order valence-corrected chi connectivity index (χ4v) is 1.82. The Bertz CT molecular complexity index is 548. The van der Waals surface area contributed by atoms with Gasteiger partial charge < -0.3 is 11.1 Å². The molecule has 0 aliphatic heterocycles. The summed E-state index contributed by atoms with van der Waals surface area (Å²) in [6, 6.07) is 7.72. The van der Waals surface area contributed by atoms with Gasteiger partial charge in [-0.3, -0.25) is 9.78 Å². The third kappa shape index (κ3) is 2.84. The van der Waals surface area contributed by atoms with Crippen molar-refractivity contribution in [1.29, 1.82) is 0 Å². The number of hydrogen-bond acceptors (Lipinski definition) is 3. The number of pyridine rings is 1. The number of anilines is 1. The van der Waals surface area contributed by atoms with Gasteiger partial charge in [-0.05, 0) is 30.0 Å². The lowest BCUT2D eigenvalue weighted by Gasteiger charge is -2.11. The number of amides is 1. The maximum absolute atomic E-state index is 11.8. The number of aromatic nitrogens is 1. The standard InChI is InChI=1S/C14H17N3O/c1-10(8-15)7-14(18)17-13-4-2-3-11-5-6-16-9-12(11)13/h2-6,9-10H,7-8,15H2,1H3,(H,17,18). The highest BCUT2D eigenvalue weighted by Crippen LogP contribution is 2.22. The van der Waals surface area contributed by atoms with E-state index in [-0.39, 0.29) is 11.8 Å². The number of fused-ring (bicyclic) bond motifs is 1. The average molecular weight is 243 g/mol. The third-order valence-corrected chi connectivity index (χ3v) is 2.89. The van der Waals surface area contributed by atoms with Crippen LogP contribution in [0.25, 0.3) is 10.8 Å². The zero-order valence-corrected chi connectivity index (χ0v) is 10.4. The first-order valence-electron chi connectivity index (χ1n) is 6.03. The Morgan fingerprint density at radius 3 is 3.06 bits per heavy atom.